The molecule has 4 nitrogen and oxygen atoms in total. The number of halogens is 1. The van der Waals surface area contributed by atoms with Gasteiger partial charge in [0, 0.05) is 16.4 Å². The predicted molar refractivity (Wildman–Crippen MR) is 64.6 cm³/mol. The van der Waals surface area contributed by atoms with Crippen molar-refractivity contribution in [3.05, 3.63) is 21.9 Å². The Labute approximate surface area is 102 Å². The summed E-state index contributed by atoms with van der Waals surface area (Å²) in [5.41, 5.74) is 0. The number of rotatable bonds is 2. The van der Waals surface area contributed by atoms with Crippen molar-refractivity contribution in [2.75, 3.05) is 11.9 Å². The first-order valence-corrected chi connectivity index (χ1v) is 5.87. The van der Waals surface area contributed by atoms with Crippen molar-refractivity contribution in [1.82, 2.24) is 4.98 Å². The van der Waals surface area contributed by atoms with Crippen molar-refractivity contribution in [3.8, 4) is 0 Å². The van der Waals surface area contributed by atoms with Gasteiger partial charge < -0.3 is 10.1 Å². The fraction of sp³-hybridized carbons (Fsp3) is 0.400. The summed E-state index contributed by atoms with van der Waals surface area (Å²) in [6.07, 6.45) is 3.17. The number of hydrogen-bond donors (Lipinski definition) is 1. The van der Waals surface area contributed by atoms with Crippen LogP contribution in [0.2, 0.25) is 0 Å². The van der Waals surface area contributed by atoms with E-state index in [9.17, 15) is 4.79 Å². The van der Waals surface area contributed by atoms with E-state index in [1.165, 1.54) is 0 Å². The van der Waals surface area contributed by atoms with Gasteiger partial charge in [-0.2, -0.15) is 0 Å². The van der Waals surface area contributed by atoms with Gasteiger partial charge in [0.2, 0.25) is 0 Å². The van der Waals surface area contributed by atoms with E-state index in [1.54, 1.807) is 12.3 Å². The number of carbonyl (C=O) groups is 1. The fourth-order valence-electron chi connectivity index (χ4n) is 1.44. The molecule has 80 valence electrons. The van der Waals surface area contributed by atoms with Crippen LogP contribution in [0.25, 0.3) is 0 Å². The molecule has 1 aliphatic heterocycles. The smallest absolute Gasteiger partial charge is 0.254 e. The lowest BCUT2D eigenvalue weighted by Gasteiger charge is -2.09. The summed E-state index contributed by atoms with van der Waals surface area (Å²) in [6, 6.07) is 3.69. The molecule has 1 saturated heterocycles. The molecule has 1 amide bonds. The Bertz CT molecular complexity index is 347. The minimum absolute atomic E-state index is 0.0961. The lowest BCUT2D eigenvalue weighted by Crippen LogP contribution is -2.27. The number of aromatic nitrogens is 1. The summed E-state index contributed by atoms with van der Waals surface area (Å²) in [5.74, 6) is 0.483. The number of nitrogens with one attached hydrogen (secondary N) is 1. The standard InChI is InChI=1S/C10H11IN2O2/c11-7-3-4-9(12-6-7)13-10(14)8-2-1-5-15-8/h3-4,6,8H,1-2,5H2,(H,12,13,14)/t8-/m1/s1. The van der Waals surface area contributed by atoms with Crippen LogP contribution in [0.5, 0.6) is 0 Å². The first kappa shape index (κ1) is 10.8. The number of carbonyl (C=O) groups excluding carboxylic acids is 1. The summed E-state index contributed by atoms with van der Waals surface area (Å²) >= 11 is 2.17. The van der Waals surface area contributed by atoms with Gasteiger partial charge in [-0.05, 0) is 47.6 Å². The molecule has 1 N–H and O–H groups in total. The third-order valence-corrected chi connectivity index (χ3v) is 2.84. The van der Waals surface area contributed by atoms with Crippen LogP contribution in [-0.2, 0) is 9.53 Å². The van der Waals surface area contributed by atoms with Crippen molar-refractivity contribution >= 4 is 34.3 Å². The minimum atomic E-state index is -0.300. The van der Waals surface area contributed by atoms with Crippen molar-refractivity contribution in [1.29, 1.82) is 0 Å². The second-order valence-corrected chi connectivity index (χ2v) is 4.60. The predicted octanol–water partition coefficient (Wildman–Crippen LogP) is 1.80. The van der Waals surface area contributed by atoms with Gasteiger partial charge in [0.05, 0.1) is 0 Å². The molecule has 2 heterocycles. The molecular formula is C10H11IN2O2. The van der Waals surface area contributed by atoms with Crippen LogP contribution < -0.4 is 5.32 Å². The first-order valence-electron chi connectivity index (χ1n) is 4.80. The van der Waals surface area contributed by atoms with E-state index in [0.717, 1.165) is 16.4 Å². The van der Waals surface area contributed by atoms with Gasteiger partial charge >= 0.3 is 0 Å². The van der Waals surface area contributed by atoms with Gasteiger partial charge in [0.15, 0.2) is 0 Å². The van der Waals surface area contributed by atoms with Crippen molar-refractivity contribution < 1.29 is 9.53 Å². The molecule has 0 aromatic carbocycles. The normalized spacial score (nSPS) is 20.2. The van der Waals surface area contributed by atoms with E-state index >= 15 is 0 Å². The van der Waals surface area contributed by atoms with E-state index in [0.29, 0.717) is 12.4 Å². The Morgan fingerprint density at radius 2 is 2.47 bits per heavy atom. The number of ether oxygens (including phenoxy) is 1. The average molecular weight is 318 g/mol. The quantitative estimate of drug-likeness (QED) is 0.846. The number of pyridine rings is 1. The second-order valence-electron chi connectivity index (χ2n) is 3.35. The zero-order chi connectivity index (χ0) is 10.7. The summed E-state index contributed by atoms with van der Waals surface area (Å²) in [4.78, 5) is 15.7. The lowest BCUT2D eigenvalue weighted by atomic mass is 10.2. The summed E-state index contributed by atoms with van der Waals surface area (Å²) < 4.78 is 6.31. The monoisotopic (exact) mass is 318 g/mol. The van der Waals surface area contributed by atoms with E-state index in [-0.39, 0.29) is 12.0 Å². The Balaban J connectivity index is 1.96. The zero-order valence-corrected chi connectivity index (χ0v) is 10.2. The van der Waals surface area contributed by atoms with E-state index in [1.807, 2.05) is 6.07 Å². The Morgan fingerprint density at radius 3 is 3.07 bits per heavy atom. The van der Waals surface area contributed by atoms with Gasteiger partial charge in [-0.25, -0.2) is 4.98 Å². The largest absolute Gasteiger partial charge is 0.368 e. The maximum absolute atomic E-state index is 11.6. The van der Waals surface area contributed by atoms with Crippen molar-refractivity contribution in [3.63, 3.8) is 0 Å². The van der Waals surface area contributed by atoms with Crippen LogP contribution >= 0.6 is 22.6 Å². The molecule has 2 rings (SSSR count). The number of nitrogens with zero attached hydrogens (tertiary/aromatic N) is 1. The number of amides is 1. The van der Waals surface area contributed by atoms with E-state index in [4.69, 9.17) is 4.74 Å². The van der Waals surface area contributed by atoms with Gasteiger partial charge in [-0.1, -0.05) is 0 Å². The highest BCUT2D eigenvalue weighted by atomic mass is 127. The first-order chi connectivity index (χ1) is 7.25. The maximum atomic E-state index is 11.6. The van der Waals surface area contributed by atoms with E-state index < -0.39 is 0 Å². The highest BCUT2D eigenvalue weighted by molar-refractivity contribution is 14.1. The molecule has 0 aliphatic carbocycles. The molecule has 0 saturated carbocycles. The molecular weight excluding hydrogens is 307 g/mol. The molecule has 1 aromatic rings. The van der Waals surface area contributed by atoms with E-state index in [2.05, 4.69) is 32.9 Å². The Morgan fingerprint density at radius 1 is 1.60 bits per heavy atom. The SMILES string of the molecule is O=C(Nc1ccc(I)cn1)[C@H]1CCCO1. The highest BCUT2D eigenvalue weighted by Gasteiger charge is 2.23. The lowest BCUT2D eigenvalue weighted by molar-refractivity contribution is -0.124. The van der Waals surface area contributed by atoms with Gasteiger partial charge in [-0.15, -0.1) is 0 Å². The van der Waals surface area contributed by atoms with Gasteiger partial charge in [0.25, 0.3) is 5.91 Å². The van der Waals surface area contributed by atoms with Gasteiger partial charge in [-0.3, -0.25) is 4.79 Å². The molecule has 1 fully saturated rings. The molecule has 5 heteroatoms. The second kappa shape index (κ2) is 4.89. The Hall–Kier alpha value is -0.690. The van der Waals surface area contributed by atoms with Crippen LogP contribution in [-0.4, -0.2) is 23.6 Å². The Kier molecular flexibility index (Phi) is 3.53. The summed E-state index contributed by atoms with van der Waals surface area (Å²) in [5, 5.41) is 2.73. The maximum Gasteiger partial charge on any atom is 0.254 e. The molecule has 0 spiro atoms. The number of anilines is 1. The molecule has 15 heavy (non-hydrogen) atoms. The van der Waals surface area contributed by atoms with Crippen LogP contribution in [0, 0.1) is 3.57 Å². The molecule has 0 radical (unpaired) electrons. The highest BCUT2D eigenvalue weighted by Crippen LogP contribution is 2.14. The summed E-state index contributed by atoms with van der Waals surface area (Å²) in [6.45, 7) is 0.679. The third kappa shape index (κ3) is 2.88. The van der Waals surface area contributed by atoms with Crippen molar-refractivity contribution in [2.24, 2.45) is 0 Å². The molecule has 1 aromatic heterocycles. The molecule has 0 bridgehead atoms. The minimum Gasteiger partial charge on any atom is -0.368 e. The van der Waals surface area contributed by atoms with Crippen LogP contribution in [0.3, 0.4) is 0 Å². The summed E-state index contributed by atoms with van der Waals surface area (Å²) in [7, 11) is 0. The van der Waals surface area contributed by atoms with Crippen molar-refractivity contribution in [2.45, 2.75) is 18.9 Å². The van der Waals surface area contributed by atoms with Crippen LogP contribution in [0.4, 0.5) is 5.82 Å². The molecule has 1 atom stereocenters. The third-order valence-electron chi connectivity index (χ3n) is 2.20. The zero-order valence-electron chi connectivity index (χ0n) is 8.07. The van der Waals surface area contributed by atoms with Crippen LogP contribution in [0.15, 0.2) is 18.3 Å². The molecule has 1 aliphatic rings. The van der Waals surface area contributed by atoms with Crippen LogP contribution in [0.1, 0.15) is 12.8 Å². The molecule has 0 unspecified atom stereocenters. The van der Waals surface area contributed by atoms with Gasteiger partial charge in [0.1, 0.15) is 11.9 Å². The number of hydrogen-bond acceptors (Lipinski definition) is 3. The topological polar surface area (TPSA) is 51.2 Å². The average Bonchev–Trinajstić information content (AvgIpc) is 2.74. The fourth-order valence-corrected chi connectivity index (χ4v) is 1.76.